The molecule has 0 unspecified atom stereocenters. The normalized spacial score (nSPS) is 17.9. The quantitative estimate of drug-likeness (QED) is 0.284. The van der Waals surface area contributed by atoms with Crippen molar-refractivity contribution in [2.45, 2.75) is 69.4 Å². The molecule has 0 radical (unpaired) electrons. The number of nitrogens with one attached hydrogen (secondary N) is 1. The summed E-state index contributed by atoms with van der Waals surface area (Å²) in [5.74, 6) is -0.0868. The third-order valence-corrected chi connectivity index (χ3v) is 8.45. The number of hydrogen-bond acceptors (Lipinski definition) is 7. The molecule has 1 aliphatic carbocycles. The van der Waals surface area contributed by atoms with Crippen LogP contribution in [0.25, 0.3) is 22.6 Å². The van der Waals surface area contributed by atoms with E-state index in [1.54, 1.807) is 30.9 Å². The minimum atomic E-state index is -4.66. The van der Waals surface area contributed by atoms with Crippen LogP contribution in [0.5, 0.6) is 0 Å². The Bertz CT molecular complexity index is 1660. The maximum Gasteiger partial charge on any atom is 0.522 e. The zero-order chi connectivity index (χ0) is 29.5. The van der Waals surface area contributed by atoms with Gasteiger partial charge in [0, 0.05) is 31.0 Å². The lowest BCUT2D eigenvalue weighted by Gasteiger charge is -2.17. The zero-order valence-corrected chi connectivity index (χ0v) is 23.7. The second-order valence-corrected chi connectivity index (χ2v) is 12.0. The topological polar surface area (TPSA) is 117 Å². The molecule has 1 aromatic carbocycles. The van der Waals surface area contributed by atoms with Crippen LogP contribution in [0, 0.1) is 6.92 Å². The van der Waals surface area contributed by atoms with Crippen molar-refractivity contribution in [3.63, 3.8) is 0 Å². The van der Waals surface area contributed by atoms with Crippen LogP contribution >= 0.6 is 0 Å². The SMILES string of the molecule is Cc1nn(C)cc1S(=O)(=O)Nc1cnc(-c2cccc([C@@H]3CC[C@@H](OC(F)(F)F)C3)c2)c(-c2ccnn2C(C)C)n1. The van der Waals surface area contributed by atoms with Gasteiger partial charge < -0.3 is 0 Å². The Balaban J connectivity index is 1.53. The van der Waals surface area contributed by atoms with Crippen molar-refractivity contribution in [2.75, 3.05) is 4.72 Å². The summed E-state index contributed by atoms with van der Waals surface area (Å²) in [6, 6.07) is 9.20. The molecular formula is C27H30F3N7O3S. The third-order valence-electron chi connectivity index (χ3n) is 6.99. The first-order chi connectivity index (χ1) is 19.3. The van der Waals surface area contributed by atoms with Gasteiger partial charge in [0.2, 0.25) is 0 Å². The van der Waals surface area contributed by atoms with Gasteiger partial charge in [0.05, 0.1) is 29.4 Å². The van der Waals surface area contributed by atoms with Crippen LogP contribution < -0.4 is 4.72 Å². The first-order valence-corrected chi connectivity index (χ1v) is 14.6. The van der Waals surface area contributed by atoms with Crippen LogP contribution in [-0.2, 0) is 21.8 Å². The number of sulfonamides is 1. The van der Waals surface area contributed by atoms with Crippen molar-refractivity contribution in [1.29, 1.82) is 0 Å². The number of rotatable bonds is 8. The molecule has 10 nitrogen and oxygen atoms in total. The summed E-state index contributed by atoms with van der Waals surface area (Å²) in [6.45, 7) is 5.52. The average Bonchev–Trinajstić information content (AvgIpc) is 3.63. The number of aryl methyl sites for hydroxylation is 2. The molecule has 41 heavy (non-hydrogen) atoms. The van der Waals surface area contributed by atoms with Crippen molar-refractivity contribution < 1.29 is 26.3 Å². The van der Waals surface area contributed by atoms with Crippen molar-refractivity contribution in [3.05, 3.63) is 60.2 Å². The Morgan fingerprint density at radius 1 is 1.15 bits per heavy atom. The summed E-state index contributed by atoms with van der Waals surface area (Å²) in [7, 11) is -2.37. The highest BCUT2D eigenvalue weighted by atomic mass is 32.2. The first-order valence-electron chi connectivity index (χ1n) is 13.1. The molecule has 1 saturated carbocycles. The van der Waals surface area contributed by atoms with Gasteiger partial charge >= 0.3 is 6.36 Å². The van der Waals surface area contributed by atoms with Crippen molar-refractivity contribution >= 4 is 15.8 Å². The molecule has 0 saturated heterocycles. The highest BCUT2D eigenvalue weighted by Crippen LogP contribution is 2.40. The second-order valence-electron chi connectivity index (χ2n) is 10.4. The van der Waals surface area contributed by atoms with Gasteiger partial charge in [-0.05, 0) is 63.6 Å². The van der Waals surface area contributed by atoms with Crippen LogP contribution in [0.4, 0.5) is 19.0 Å². The van der Waals surface area contributed by atoms with E-state index in [9.17, 15) is 21.6 Å². The first kappa shape index (κ1) is 28.7. The molecule has 3 heterocycles. The largest absolute Gasteiger partial charge is 0.522 e. The lowest BCUT2D eigenvalue weighted by Crippen LogP contribution is -2.21. The molecule has 218 valence electrons. The lowest BCUT2D eigenvalue weighted by molar-refractivity contribution is -0.341. The smallest absolute Gasteiger partial charge is 0.289 e. The van der Waals surface area contributed by atoms with Gasteiger partial charge in [-0.25, -0.2) is 13.4 Å². The number of halogens is 3. The fraction of sp³-hybridized carbons (Fsp3) is 0.407. The van der Waals surface area contributed by atoms with Crippen LogP contribution in [0.1, 0.15) is 56.3 Å². The number of hydrogen-bond donors (Lipinski definition) is 1. The molecule has 0 aliphatic heterocycles. The summed E-state index contributed by atoms with van der Waals surface area (Å²) in [5.41, 5.74) is 3.43. The Morgan fingerprint density at radius 3 is 2.61 bits per heavy atom. The average molecular weight is 590 g/mol. The van der Waals surface area contributed by atoms with Crippen LogP contribution in [0.2, 0.25) is 0 Å². The number of anilines is 1. The minimum absolute atomic E-state index is 0.0163. The molecule has 1 N–H and O–H groups in total. The Morgan fingerprint density at radius 2 is 1.93 bits per heavy atom. The van der Waals surface area contributed by atoms with Gasteiger partial charge in [-0.2, -0.15) is 10.2 Å². The predicted molar refractivity (Wildman–Crippen MR) is 145 cm³/mol. The van der Waals surface area contributed by atoms with E-state index < -0.39 is 22.5 Å². The van der Waals surface area contributed by atoms with Crippen LogP contribution in [0.15, 0.2) is 53.8 Å². The van der Waals surface area contributed by atoms with Crippen LogP contribution in [-0.4, -0.2) is 50.4 Å². The second kappa shape index (κ2) is 10.9. The van der Waals surface area contributed by atoms with Gasteiger partial charge in [0.25, 0.3) is 10.0 Å². The zero-order valence-electron chi connectivity index (χ0n) is 22.9. The molecule has 0 bridgehead atoms. The van der Waals surface area contributed by atoms with Gasteiger partial charge in [0.1, 0.15) is 10.6 Å². The fourth-order valence-electron chi connectivity index (χ4n) is 5.25. The standard InChI is InChI=1S/C27H30F3N7O3S/c1-16(2)37-22(10-11-32-37)26-25(31-14-24(33-26)35-41(38,39)23-15-36(4)34-17(23)3)20-7-5-6-18(12-20)19-8-9-21(13-19)40-27(28,29)30/h5-7,10-12,14-16,19,21H,8-9,13H2,1-4H3,(H,33,35)/t19-,21-/m1/s1. The summed E-state index contributed by atoms with van der Waals surface area (Å²) in [6.07, 6.45) is -0.0154. The molecule has 3 aromatic heterocycles. The summed E-state index contributed by atoms with van der Waals surface area (Å²) < 4.78 is 74.5. The molecular weight excluding hydrogens is 559 g/mol. The number of alkyl halides is 3. The molecule has 5 rings (SSSR count). The monoisotopic (exact) mass is 589 g/mol. The Hall–Kier alpha value is -3.78. The van der Waals surface area contributed by atoms with Crippen molar-refractivity contribution in [1.82, 2.24) is 29.5 Å². The Labute approximate surface area is 235 Å². The fourth-order valence-corrected chi connectivity index (χ4v) is 6.46. The molecule has 2 atom stereocenters. The summed E-state index contributed by atoms with van der Waals surface area (Å²) in [5, 5.41) is 8.52. The highest BCUT2D eigenvalue weighted by Gasteiger charge is 2.37. The predicted octanol–water partition coefficient (Wildman–Crippen LogP) is 5.60. The highest BCUT2D eigenvalue weighted by molar-refractivity contribution is 7.92. The van der Waals surface area contributed by atoms with Gasteiger partial charge in [-0.1, -0.05) is 18.2 Å². The minimum Gasteiger partial charge on any atom is -0.289 e. The molecule has 1 fully saturated rings. The number of ether oxygens (including phenoxy) is 1. The van der Waals surface area contributed by atoms with E-state index in [4.69, 9.17) is 0 Å². The maximum atomic E-state index is 13.1. The van der Waals surface area contributed by atoms with E-state index in [0.717, 1.165) is 5.56 Å². The van der Waals surface area contributed by atoms with E-state index in [0.29, 0.717) is 41.2 Å². The van der Waals surface area contributed by atoms with E-state index >= 15 is 0 Å². The molecule has 4 aromatic rings. The van der Waals surface area contributed by atoms with E-state index in [1.807, 2.05) is 38.1 Å². The molecule has 0 spiro atoms. The summed E-state index contributed by atoms with van der Waals surface area (Å²) >= 11 is 0. The lowest BCUT2D eigenvalue weighted by atomic mass is 9.94. The summed E-state index contributed by atoms with van der Waals surface area (Å²) in [4.78, 5) is 9.32. The number of aromatic nitrogens is 6. The number of benzene rings is 1. The van der Waals surface area contributed by atoms with Gasteiger partial charge in [-0.3, -0.25) is 23.8 Å². The Kier molecular flexibility index (Phi) is 7.64. The molecule has 1 aliphatic rings. The number of nitrogens with zero attached hydrogens (tertiary/aromatic N) is 6. The third kappa shape index (κ3) is 6.27. The molecule has 0 amide bonds. The van der Waals surface area contributed by atoms with E-state index in [-0.39, 0.29) is 29.1 Å². The van der Waals surface area contributed by atoms with Gasteiger partial charge in [0.15, 0.2) is 5.82 Å². The van der Waals surface area contributed by atoms with Crippen LogP contribution in [0.3, 0.4) is 0 Å². The van der Waals surface area contributed by atoms with Crippen molar-refractivity contribution in [2.24, 2.45) is 7.05 Å². The van der Waals surface area contributed by atoms with Gasteiger partial charge in [-0.15, -0.1) is 13.2 Å². The van der Waals surface area contributed by atoms with E-state index in [2.05, 4.69) is 29.6 Å². The molecule has 14 heteroatoms. The van der Waals surface area contributed by atoms with E-state index in [1.165, 1.54) is 17.1 Å². The van der Waals surface area contributed by atoms with Crippen molar-refractivity contribution in [3.8, 4) is 22.6 Å². The maximum absolute atomic E-state index is 13.1.